The Morgan fingerprint density at radius 3 is 2.82 bits per heavy atom. The largest absolute Gasteiger partial charge is 0.283 e. The fourth-order valence-corrected chi connectivity index (χ4v) is 4.81. The molecule has 2 heterocycles. The predicted molar refractivity (Wildman–Crippen MR) is 70.5 cm³/mol. The second kappa shape index (κ2) is 4.75. The van der Waals surface area contributed by atoms with Gasteiger partial charge in [-0.05, 0) is 32.6 Å². The SMILES string of the molecule is Cc1nn(CN(C)C2CCS(=O)(=O)C2)c(=S)s1. The van der Waals surface area contributed by atoms with Crippen LogP contribution in [0.5, 0.6) is 0 Å². The van der Waals surface area contributed by atoms with Crippen molar-refractivity contribution in [1.29, 1.82) is 0 Å². The molecule has 1 fully saturated rings. The summed E-state index contributed by atoms with van der Waals surface area (Å²) < 4.78 is 25.3. The van der Waals surface area contributed by atoms with E-state index in [1.807, 2.05) is 18.9 Å². The second-order valence-electron chi connectivity index (χ2n) is 4.34. The van der Waals surface area contributed by atoms with Gasteiger partial charge in [-0.1, -0.05) is 11.3 Å². The third kappa shape index (κ3) is 3.12. The molecular formula is C9H15N3O2S3. The molecule has 0 bridgehead atoms. The lowest BCUT2D eigenvalue weighted by Crippen LogP contribution is -2.34. The molecule has 0 aliphatic carbocycles. The van der Waals surface area contributed by atoms with Gasteiger partial charge in [-0.2, -0.15) is 5.10 Å². The highest BCUT2D eigenvalue weighted by Gasteiger charge is 2.30. The Morgan fingerprint density at radius 1 is 1.65 bits per heavy atom. The van der Waals surface area contributed by atoms with Gasteiger partial charge in [0.1, 0.15) is 5.01 Å². The number of aryl methyl sites for hydroxylation is 1. The van der Waals surface area contributed by atoms with Crippen LogP contribution >= 0.6 is 23.6 Å². The lowest BCUT2D eigenvalue weighted by Gasteiger charge is -2.22. The van der Waals surface area contributed by atoms with Crippen molar-refractivity contribution in [2.75, 3.05) is 18.6 Å². The average Bonchev–Trinajstić information content (AvgIpc) is 2.70. The van der Waals surface area contributed by atoms with Crippen LogP contribution in [0.1, 0.15) is 11.4 Å². The summed E-state index contributed by atoms with van der Waals surface area (Å²) in [6.45, 7) is 2.47. The van der Waals surface area contributed by atoms with Crippen molar-refractivity contribution >= 4 is 33.4 Å². The number of hydrogen-bond donors (Lipinski definition) is 0. The van der Waals surface area contributed by atoms with Crippen LogP contribution < -0.4 is 0 Å². The van der Waals surface area contributed by atoms with Crippen molar-refractivity contribution in [3.05, 3.63) is 8.96 Å². The molecule has 5 nitrogen and oxygen atoms in total. The van der Waals surface area contributed by atoms with E-state index in [0.717, 1.165) is 8.96 Å². The van der Waals surface area contributed by atoms with Gasteiger partial charge in [-0.3, -0.25) is 4.90 Å². The average molecular weight is 293 g/mol. The molecule has 1 aliphatic heterocycles. The van der Waals surface area contributed by atoms with Crippen molar-refractivity contribution in [3.8, 4) is 0 Å². The fraction of sp³-hybridized carbons (Fsp3) is 0.778. The van der Waals surface area contributed by atoms with Gasteiger partial charge in [0.25, 0.3) is 0 Å². The molecule has 2 rings (SSSR count). The minimum atomic E-state index is -2.83. The van der Waals surface area contributed by atoms with Gasteiger partial charge >= 0.3 is 0 Å². The van der Waals surface area contributed by atoms with Crippen LogP contribution in [0.25, 0.3) is 0 Å². The lowest BCUT2D eigenvalue weighted by molar-refractivity contribution is 0.197. The number of sulfone groups is 1. The summed E-state index contributed by atoms with van der Waals surface area (Å²) in [5, 5.41) is 5.23. The standard InChI is InChI=1S/C9H15N3O2S3/c1-7-10-12(9(15)16-7)6-11(2)8-3-4-17(13,14)5-8/h8H,3-6H2,1-2H3. The highest BCUT2D eigenvalue weighted by atomic mass is 32.2. The molecule has 0 radical (unpaired) electrons. The first-order chi connectivity index (χ1) is 7.87. The molecule has 1 aromatic rings. The highest BCUT2D eigenvalue weighted by molar-refractivity contribution is 7.91. The maximum Gasteiger partial charge on any atom is 0.180 e. The Morgan fingerprint density at radius 2 is 2.35 bits per heavy atom. The van der Waals surface area contributed by atoms with Crippen LogP contribution in [0.15, 0.2) is 0 Å². The van der Waals surface area contributed by atoms with Crippen LogP contribution in [0, 0.1) is 10.9 Å². The molecule has 1 unspecified atom stereocenters. The summed E-state index contributed by atoms with van der Waals surface area (Å²) in [4.78, 5) is 2.01. The third-order valence-electron chi connectivity index (χ3n) is 2.90. The van der Waals surface area contributed by atoms with E-state index in [1.54, 1.807) is 4.68 Å². The van der Waals surface area contributed by atoms with Crippen molar-refractivity contribution in [1.82, 2.24) is 14.7 Å². The number of aromatic nitrogens is 2. The van der Waals surface area contributed by atoms with E-state index >= 15 is 0 Å². The van der Waals surface area contributed by atoms with Crippen molar-refractivity contribution < 1.29 is 8.42 Å². The highest BCUT2D eigenvalue weighted by Crippen LogP contribution is 2.17. The van der Waals surface area contributed by atoms with Crippen molar-refractivity contribution in [3.63, 3.8) is 0 Å². The number of nitrogens with zero attached hydrogens (tertiary/aromatic N) is 3. The zero-order valence-corrected chi connectivity index (χ0v) is 12.2. The molecular weight excluding hydrogens is 278 g/mol. The number of hydrogen-bond acceptors (Lipinski definition) is 6. The summed E-state index contributed by atoms with van der Waals surface area (Å²) in [5.41, 5.74) is 0. The molecule has 1 aliphatic rings. The summed E-state index contributed by atoms with van der Waals surface area (Å²) in [6.07, 6.45) is 0.704. The first-order valence-electron chi connectivity index (χ1n) is 5.32. The Kier molecular flexibility index (Phi) is 3.67. The van der Waals surface area contributed by atoms with Crippen LogP contribution in [-0.4, -0.2) is 47.7 Å². The monoisotopic (exact) mass is 293 g/mol. The van der Waals surface area contributed by atoms with Crippen molar-refractivity contribution in [2.45, 2.75) is 26.1 Å². The maximum atomic E-state index is 11.4. The third-order valence-corrected chi connectivity index (χ3v) is 5.87. The van der Waals surface area contributed by atoms with Gasteiger partial charge < -0.3 is 0 Å². The minimum absolute atomic E-state index is 0.0870. The molecule has 1 aromatic heterocycles. The molecule has 1 atom stereocenters. The topological polar surface area (TPSA) is 55.2 Å². The number of rotatable bonds is 3. The first-order valence-corrected chi connectivity index (χ1v) is 8.37. The molecule has 0 saturated carbocycles. The Labute approximate surface area is 110 Å². The van der Waals surface area contributed by atoms with Gasteiger partial charge in [0.2, 0.25) is 0 Å². The van der Waals surface area contributed by atoms with E-state index < -0.39 is 9.84 Å². The van der Waals surface area contributed by atoms with E-state index in [-0.39, 0.29) is 11.8 Å². The van der Waals surface area contributed by atoms with E-state index in [1.165, 1.54) is 11.3 Å². The maximum absolute atomic E-state index is 11.4. The summed E-state index contributed by atoms with van der Waals surface area (Å²) in [7, 11) is -0.914. The molecule has 0 amide bonds. The van der Waals surface area contributed by atoms with E-state index in [0.29, 0.717) is 18.8 Å². The Bertz CT molecular complexity index is 560. The van der Waals surface area contributed by atoms with E-state index in [2.05, 4.69) is 5.10 Å². The summed E-state index contributed by atoms with van der Waals surface area (Å²) in [5.74, 6) is 0.545. The minimum Gasteiger partial charge on any atom is -0.283 e. The van der Waals surface area contributed by atoms with E-state index in [4.69, 9.17) is 12.2 Å². The second-order valence-corrected chi connectivity index (χ2v) is 8.40. The quantitative estimate of drug-likeness (QED) is 0.780. The zero-order chi connectivity index (χ0) is 12.6. The van der Waals surface area contributed by atoms with Gasteiger partial charge in [0, 0.05) is 6.04 Å². The predicted octanol–water partition coefficient (Wildman–Crippen LogP) is 1.06. The molecule has 0 spiro atoms. The molecule has 0 N–H and O–H groups in total. The Balaban J connectivity index is 2.05. The van der Waals surface area contributed by atoms with Gasteiger partial charge in [-0.25, -0.2) is 13.1 Å². The molecule has 17 heavy (non-hydrogen) atoms. The van der Waals surface area contributed by atoms with Gasteiger partial charge in [0.05, 0.1) is 18.2 Å². The smallest absolute Gasteiger partial charge is 0.180 e. The summed E-state index contributed by atoms with van der Waals surface area (Å²) >= 11 is 6.66. The Hall–Kier alpha value is -0.310. The van der Waals surface area contributed by atoms with Crippen molar-refractivity contribution in [2.24, 2.45) is 0 Å². The van der Waals surface area contributed by atoms with E-state index in [9.17, 15) is 8.42 Å². The molecule has 0 aromatic carbocycles. The van der Waals surface area contributed by atoms with Gasteiger partial charge in [-0.15, -0.1) is 0 Å². The molecule has 8 heteroatoms. The first kappa shape index (κ1) is 13.1. The van der Waals surface area contributed by atoms with Crippen LogP contribution in [0.2, 0.25) is 0 Å². The lowest BCUT2D eigenvalue weighted by atomic mass is 10.2. The fourth-order valence-electron chi connectivity index (χ4n) is 1.95. The molecule has 1 saturated heterocycles. The van der Waals surface area contributed by atoms with Crippen LogP contribution in [0.4, 0.5) is 0 Å². The normalized spacial score (nSPS) is 23.4. The zero-order valence-electron chi connectivity index (χ0n) is 9.79. The molecule has 96 valence electrons. The van der Waals surface area contributed by atoms with Crippen LogP contribution in [-0.2, 0) is 16.5 Å². The van der Waals surface area contributed by atoms with Gasteiger partial charge in [0.15, 0.2) is 13.8 Å². The summed E-state index contributed by atoms with van der Waals surface area (Å²) in [6, 6.07) is 0.0870. The van der Waals surface area contributed by atoms with Crippen LogP contribution in [0.3, 0.4) is 0 Å².